The Morgan fingerprint density at radius 3 is 1.98 bits per heavy atom. The van der Waals surface area contributed by atoms with Crippen molar-refractivity contribution in [3.05, 3.63) is 160 Å². The number of aliphatic hydroxyl groups is 2. The zero-order valence-electron chi connectivity index (χ0n) is 29.1. The summed E-state index contributed by atoms with van der Waals surface area (Å²) in [7, 11) is 3.21. The van der Waals surface area contributed by atoms with Crippen molar-refractivity contribution < 1.29 is 38.7 Å². The van der Waals surface area contributed by atoms with Crippen LogP contribution in [0.5, 0.6) is 11.5 Å². The maximum atomic E-state index is 13.4. The first-order valence-corrected chi connectivity index (χ1v) is 17.1. The molecule has 4 atom stereocenters. The first-order chi connectivity index (χ1) is 25.8. The molecule has 53 heavy (non-hydrogen) atoms. The van der Waals surface area contributed by atoms with Crippen molar-refractivity contribution in [1.29, 1.82) is 0 Å². The van der Waals surface area contributed by atoms with Gasteiger partial charge in [0.15, 0.2) is 6.23 Å². The SMILES string of the molecule is COc1ccc(C(OC[C@H]2O[C@@H](n3ccc4c(=O)n(CCOC(=O)c5ccccc5)cnc43)[C@H](O)[C@@H]2O)(c2ccccc2)c2ccc(OC)cc2)cc1. The van der Waals surface area contributed by atoms with E-state index < -0.39 is 36.1 Å². The summed E-state index contributed by atoms with van der Waals surface area (Å²) in [6, 6.07) is 35.0. The second-order valence-corrected chi connectivity index (χ2v) is 12.6. The number of aromatic nitrogens is 3. The van der Waals surface area contributed by atoms with Gasteiger partial charge in [-0.15, -0.1) is 0 Å². The number of benzene rings is 4. The highest BCUT2D eigenvalue weighted by atomic mass is 16.6. The molecular formula is C41H39N3O9. The minimum Gasteiger partial charge on any atom is -0.497 e. The number of carbonyl (C=O) groups excluding carboxylic acids is 1. The van der Waals surface area contributed by atoms with Crippen molar-refractivity contribution in [2.45, 2.75) is 36.7 Å². The van der Waals surface area contributed by atoms with Crippen LogP contribution in [0.2, 0.25) is 0 Å². The third kappa shape index (κ3) is 6.92. The molecule has 1 aliphatic rings. The molecule has 0 aliphatic carbocycles. The van der Waals surface area contributed by atoms with Gasteiger partial charge in [-0.3, -0.25) is 9.36 Å². The van der Waals surface area contributed by atoms with Crippen LogP contribution < -0.4 is 15.0 Å². The van der Waals surface area contributed by atoms with Crippen LogP contribution in [-0.4, -0.2) is 76.0 Å². The molecule has 272 valence electrons. The molecule has 0 unspecified atom stereocenters. The molecule has 7 rings (SSSR count). The van der Waals surface area contributed by atoms with Crippen molar-refractivity contribution in [3.63, 3.8) is 0 Å². The lowest BCUT2D eigenvalue weighted by Crippen LogP contribution is -2.39. The van der Waals surface area contributed by atoms with Crippen molar-refractivity contribution >= 4 is 17.0 Å². The van der Waals surface area contributed by atoms with E-state index in [0.29, 0.717) is 17.1 Å². The Morgan fingerprint density at radius 2 is 1.38 bits per heavy atom. The fourth-order valence-corrected chi connectivity index (χ4v) is 6.71. The summed E-state index contributed by atoms with van der Waals surface area (Å²) in [5, 5.41) is 22.9. The fourth-order valence-electron chi connectivity index (χ4n) is 6.71. The van der Waals surface area contributed by atoms with Gasteiger partial charge in [-0.2, -0.15) is 0 Å². The number of carbonyl (C=O) groups is 1. The van der Waals surface area contributed by atoms with Crippen LogP contribution in [0.4, 0.5) is 0 Å². The van der Waals surface area contributed by atoms with Gasteiger partial charge in [-0.05, 0) is 59.2 Å². The molecule has 0 saturated carbocycles. The monoisotopic (exact) mass is 717 g/mol. The Balaban J connectivity index is 1.14. The smallest absolute Gasteiger partial charge is 0.338 e. The number of aliphatic hydroxyl groups excluding tert-OH is 2. The van der Waals surface area contributed by atoms with Gasteiger partial charge in [-0.1, -0.05) is 72.8 Å². The average Bonchev–Trinajstić information content (AvgIpc) is 3.77. The van der Waals surface area contributed by atoms with E-state index in [0.717, 1.165) is 16.7 Å². The lowest BCUT2D eigenvalue weighted by atomic mass is 9.80. The molecule has 1 aliphatic heterocycles. The number of hydrogen-bond donors (Lipinski definition) is 2. The molecule has 6 aromatic rings. The maximum absolute atomic E-state index is 13.4. The van der Waals surface area contributed by atoms with Crippen LogP contribution in [-0.2, 0) is 26.4 Å². The van der Waals surface area contributed by atoms with Gasteiger partial charge in [0.1, 0.15) is 54.0 Å². The highest BCUT2D eigenvalue weighted by Gasteiger charge is 2.46. The Labute approximate surface area is 305 Å². The second kappa shape index (κ2) is 15.4. The minimum atomic E-state index is -1.37. The van der Waals surface area contributed by atoms with Crippen molar-refractivity contribution in [2.24, 2.45) is 0 Å². The first-order valence-electron chi connectivity index (χ1n) is 17.1. The Bertz CT molecular complexity index is 2160. The number of nitrogens with zero attached hydrogens (tertiary/aromatic N) is 3. The summed E-state index contributed by atoms with van der Waals surface area (Å²) in [5.74, 6) is 0.867. The molecule has 4 aromatic carbocycles. The van der Waals surface area contributed by atoms with Crippen molar-refractivity contribution in [3.8, 4) is 11.5 Å². The molecule has 2 aromatic heterocycles. The van der Waals surface area contributed by atoms with Crippen molar-refractivity contribution in [1.82, 2.24) is 14.1 Å². The van der Waals surface area contributed by atoms with Crippen LogP contribution in [0, 0.1) is 0 Å². The molecule has 2 N–H and O–H groups in total. The highest BCUT2D eigenvalue weighted by molar-refractivity contribution is 5.89. The average molecular weight is 718 g/mol. The second-order valence-electron chi connectivity index (χ2n) is 12.6. The molecule has 12 heteroatoms. The fraction of sp³-hybridized carbons (Fsp3) is 0.244. The summed E-state index contributed by atoms with van der Waals surface area (Å²) in [6.07, 6.45) is -1.80. The van der Waals surface area contributed by atoms with Gasteiger partial charge in [0, 0.05) is 6.20 Å². The van der Waals surface area contributed by atoms with Crippen LogP contribution in [0.15, 0.2) is 133 Å². The number of methoxy groups -OCH3 is 2. The maximum Gasteiger partial charge on any atom is 0.338 e. The summed E-state index contributed by atoms with van der Waals surface area (Å²) in [6.45, 7) is -0.0576. The summed E-state index contributed by atoms with van der Waals surface area (Å²) < 4.78 is 32.3. The zero-order valence-corrected chi connectivity index (χ0v) is 29.1. The normalized spacial score (nSPS) is 18.6. The number of rotatable bonds is 13. The molecule has 12 nitrogen and oxygen atoms in total. The third-order valence-corrected chi connectivity index (χ3v) is 9.52. The molecule has 0 bridgehead atoms. The van der Waals surface area contributed by atoms with Gasteiger partial charge in [0.25, 0.3) is 5.56 Å². The van der Waals surface area contributed by atoms with E-state index >= 15 is 0 Å². The van der Waals surface area contributed by atoms with Gasteiger partial charge in [0.05, 0.1) is 38.3 Å². The van der Waals surface area contributed by atoms with E-state index in [2.05, 4.69) is 4.98 Å². The summed E-state index contributed by atoms with van der Waals surface area (Å²) in [4.78, 5) is 30.2. The van der Waals surface area contributed by atoms with E-state index in [1.807, 2.05) is 78.9 Å². The minimum absolute atomic E-state index is 0.0304. The predicted molar refractivity (Wildman–Crippen MR) is 195 cm³/mol. The number of esters is 1. The van der Waals surface area contributed by atoms with Gasteiger partial charge >= 0.3 is 5.97 Å². The molecular weight excluding hydrogens is 678 g/mol. The van der Waals surface area contributed by atoms with Crippen molar-refractivity contribution in [2.75, 3.05) is 27.4 Å². The van der Waals surface area contributed by atoms with Gasteiger partial charge in [0.2, 0.25) is 0 Å². The largest absolute Gasteiger partial charge is 0.497 e. The number of fused-ring (bicyclic) bond motifs is 1. The molecule has 1 fully saturated rings. The van der Waals surface area contributed by atoms with Gasteiger partial charge < -0.3 is 38.5 Å². The standard InChI is InChI=1S/C41H39N3O9/c1-49-31-17-13-29(14-18-31)41(28-11-7-4-8-12-28,30-15-19-32(50-2)20-16-30)52-25-34-35(45)36(46)39(53-34)44-22-21-33-37(44)42-26-43(38(33)47)23-24-51-40(48)27-9-5-3-6-10-27/h3-22,26,34-36,39,45-46H,23-25H2,1-2H3/t34-,35-,36-,39-/m1/s1. The number of ether oxygens (including phenoxy) is 5. The van der Waals surface area contributed by atoms with Crippen LogP contribution in [0.1, 0.15) is 33.3 Å². The highest BCUT2D eigenvalue weighted by Crippen LogP contribution is 2.43. The lowest BCUT2D eigenvalue weighted by Gasteiger charge is -2.37. The predicted octanol–water partition coefficient (Wildman–Crippen LogP) is 4.70. The van der Waals surface area contributed by atoms with Crippen LogP contribution in [0.3, 0.4) is 0 Å². The first kappa shape index (κ1) is 35.6. The topological polar surface area (TPSA) is 144 Å². The lowest BCUT2D eigenvalue weighted by molar-refractivity contribution is -0.0941. The Hall–Kier alpha value is -5.79. The molecule has 1 saturated heterocycles. The number of hydrogen-bond acceptors (Lipinski definition) is 10. The van der Waals surface area contributed by atoms with E-state index in [9.17, 15) is 19.8 Å². The van der Waals surface area contributed by atoms with E-state index in [1.165, 1.54) is 15.5 Å². The Kier molecular flexibility index (Phi) is 10.4. The van der Waals surface area contributed by atoms with Gasteiger partial charge in [-0.25, -0.2) is 9.78 Å². The zero-order chi connectivity index (χ0) is 37.0. The molecule has 3 heterocycles. The summed E-state index contributed by atoms with van der Waals surface area (Å²) >= 11 is 0. The van der Waals surface area contributed by atoms with E-state index in [4.69, 9.17) is 23.7 Å². The van der Waals surface area contributed by atoms with E-state index in [-0.39, 0.29) is 36.4 Å². The molecule has 0 amide bonds. The summed E-state index contributed by atoms with van der Waals surface area (Å²) in [5.41, 5.74) is 1.57. The molecule has 0 spiro atoms. The van der Waals surface area contributed by atoms with E-state index in [1.54, 1.807) is 56.8 Å². The quantitative estimate of drug-likeness (QED) is 0.128. The van der Waals surface area contributed by atoms with Crippen LogP contribution in [0.25, 0.3) is 11.0 Å². The Morgan fingerprint density at radius 1 is 0.792 bits per heavy atom. The van der Waals surface area contributed by atoms with Crippen LogP contribution >= 0.6 is 0 Å². The molecule has 0 radical (unpaired) electrons. The third-order valence-electron chi connectivity index (χ3n) is 9.52.